The standard InChI is InChI=1S/C19H20N4O3/c1-2-25-16-4-6-17(7-5-16)26-13-19(24)22-12-15-3-8-18(21-11-15)23-10-9-20-14-23/h3-11,14H,2,12-13H2,1H3,(H,22,24). The van der Waals surface area contributed by atoms with Crippen molar-refractivity contribution >= 4 is 5.91 Å². The van der Waals surface area contributed by atoms with Crippen molar-refractivity contribution in [1.82, 2.24) is 19.9 Å². The van der Waals surface area contributed by atoms with Crippen LogP contribution in [-0.2, 0) is 11.3 Å². The Hall–Kier alpha value is -3.35. The van der Waals surface area contributed by atoms with E-state index >= 15 is 0 Å². The lowest BCUT2D eigenvalue weighted by molar-refractivity contribution is -0.123. The lowest BCUT2D eigenvalue weighted by Crippen LogP contribution is -2.28. The van der Waals surface area contributed by atoms with Gasteiger partial charge in [-0.2, -0.15) is 0 Å². The minimum atomic E-state index is -0.197. The van der Waals surface area contributed by atoms with Crippen molar-refractivity contribution < 1.29 is 14.3 Å². The van der Waals surface area contributed by atoms with E-state index in [0.29, 0.717) is 18.9 Å². The third kappa shape index (κ3) is 4.83. The van der Waals surface area contributed by atoms with E-state index < -0.39 is 0 Å². The zero-order valence-electron chi connectivity index (χ0n) is 14.5. The molecule has 0 spiro atoms. The molecule has 3 rings (SSSR count). The maximum atomic E-state index is 11.9. The fourth-order valence-electron chi connectivity index (χ4n) is 2.27. The molecular weight excluding hydrogens is 332 g/mol. The highest BCUT2D eigenvalue weighted by molar-refractivity contribution is 5.77. The lowest BCUT2D eigenvalue weighted by atomic mass is 10.3. The van der Waals surface area contributed by atoms with E-state index in [9.17, 15) is 4.79 Å². The Balaban J connectivity index is 1.43. The molecule has 0 aliphatic carbocycles. The van der Waals surface area contributed by atoms with Crippen LogP contribution in [-0.4, -0.2) is 33.7 Å². The van der Waals surface area contributed by atoms with Crippen LogP contribution in [0.5, 0.6) is 11.5 Å². The van der Waals surface area contributed by atoms with Crippen molar-refractivity contribution in [2.24, 2.45) is 0 Å². The molecule has 0 atom stereocenters. The summed E-state index contributed by atoms with van der Waals surface area (Å²) in [5.41, 5.74) is 0.906. The van der Waals surface area contributed by atoms with Crippen molar-refractivity contribution in [3.63, 3.8) is 0 Å². The van der Waals surface area contributed by atoms with Crippen molar-refractivity contribution in [1.29, 1.82) is 0 Å². The maximum absolute atomic E-state index is 11.9. The summed E-state index contributed by atoms with van der Waals surface area (Å²) in [5, 5.41) is 2.81. The molecule has 0 radical (unpaired) electrons. The summed E-state index contributed by atoms with van der Waals surface area (Å²) in [6.07, 6.45) is 6.92. The number of hydrogen-bond donors (Lipinski definition) is 1. The predicted octanol–water partition coefficient (Wildman–Crippen LogP) is 2.36. The number of imidazole rings is 1. The van der Waals surface area contributed by atoms with Crippen molar-refractivity contribution in [3.8, 4) is 17.3 Å². The van der Waals surface area contributed by atoms with Crippen LogP contribution in [0.3, 0.4) is 0 Å². The highest BCUT2D eigenvalue weighted by Gasteiger charge is 2.04. The Labute approximate surface area is 151 Å². The second kappa shape index (κ2) is 8.66. The highest BCUT2D eigenvalue weighted by Crippen LogP contribution is 2.17. The quantitative estimate of drug-likeness (QED) is 0.673. The van der Waals surface area contributed by atoms with Crippen LogP contribution in [0.15, 0.2) is 61.3 Å². The molecule has 7 heteroatoms. The first-order valence-corrected chi connectivity index (χ1v) is 8.30. The lowest BCUT2D eigenvalue weighted by Gasteiger charge is -2.09. The van der Waals surface area contributed by atoms with E-state index in [1.165, 1.54) is 0 Å². The Bertz CT molecular complexity index is 815. The zero-order valence-corrected chi connectivity index (χ0v) is 14.5. The van der Waals surface area contributed by atoms with Gasteiger partial charge in [-0.3, -0.25) is 9.36 Å². The number of rotatable bonds is 8. The van der Waals surface area contributed by atoms with Gasteiger partial charge >= 0.3 is 0 Å². The smallest absolute Gasteiger partial charge is 0.258 e. The van der Waals surface area contributed by atoms with Gasteiger partial charge in [-0.05, 0) is 42.8 Å². The molecule has 0 aliphatic rings. The topological polar surface area (TPSA) is 78.3 Å². The molecule has 1 amide bonds. The molecule has 0 bridgehead atoms. The van der Waals surface area contributed by atoms with Crippen LogP contribution in [0.4, 0.5) is 0 Å². The fraction of sp³-hybridized carbons (Fsp3) is 0.211. The number of carbonyl (C=O) groups excluding carboxylic acids is 1. The first-order valence-electron chi connectivity index (χ1n) is 8.30. The number of amides is 1. The average Bonchev–Trinajstić information content (AvgIpc) is 3.21. The SMILES string of the molecule is CCOc1ccc(OCC(=O)NCc2ccc(-n3ccnc3)nc2)cc1. The summed E-state index contributed by atoms with van der Waals surface area (Å²) in [5.74, 6) is 1.97. The molecule has 7 nitrogen and oxygen atoms in total. The number of hydrogen-bond acceptors (Lipinski definition) is 5. The molecule has 2 aromatic heterocycles. The van der Waals surface area contributed by atoms with Gasteiger partial charge in [0.05, 0.1) is 6.61 Å². The van der Waals surface area contributed by atoms with Crippen LogP contribution in [0.1, 0.15) is 12.5 Å². The number of nitrogens with zero attached hydrogens (tertiary/aromatic N) is 3. The molecule has 0 saturated heterocycles. The normalized spacial score (nSPS) is 10.3. The Morgan fingerprint density at radius 1 is 1.12 bits per heavy atom. The predicted molar refractivity (Wildman–Crippen MR) is 96.3 cm³/mol. The van der Waals surface area contributed by atoms with Crippen LogP contribution in [0, 0.1) is 0 Å². The van der Waals surface area contributed by atoms with Gasteiger partial charge in [0, 0.05) is 25.1 Å². The molecule has 134 valence electrons. The van der Waals surface area contributed by atoms with Crippen molar-refractivity contribution in [2.75, 3.05) is 13.2 Å². The minimum Gasteiger partial charge on any atom is -0.494 e. The van der Waals surface area contributed by atoms with E-state index in [0.717, 1.165) is 17.1 Å². The van der Waals surface area contributed by atoms with E-state index in [4.69, 9.17) is 9.47 Å². The van der Waals surface area contributed by atoms with Gasteiger partial charge < -0.3 is 14.8 Å². The van der Waals surface area contributed by atoms with Crippen LogP contribution in [0.2, 0.25) is 0 Å². The van der Waals surface area contributed by atoms with E-state index in [1.807, 2.05) is 42.0 Å². The van der Waals surface area contributed by atoms with Crippen molar-refractivity contribution in [2.45, 2.75) is 13.5 Å². The molecule has 2 heterocycles. The van der Waals surface area contributed by atoms with E-state index in [1.54, 1.807) is 30.9 Å². The van der Waals surface area contributed by atoms with E-state index in [-0.39, 0.29) is 12.5 Å². The third-order valence-electron chi connectivity index (χ3n) is 3.57. The highest BCUT2D eigenvalue weighted by atomic mass is 16.5. The molecule has 1 N–H and O–H groups in total. The van der Waals surface area contributed by atoms with Gasteiger partial charge in [-0.15, -0.1) is 0 Å². The average molecular weight is 352 g/mol. The number of aromatic nitrogens is 3. The number of nitrogens with one attached hydrogen (secondary N) is 1. The van der Waals surface area contributed by atoms with E-state index in [2.05, 4.69) is 15.3 Å². The Kier molecular flexibility index (Phi) is 5.82. The summed E-state index contributed by atoms with van der Waals surface area (Å²) >= 11 is 0. The van der Waals surface area contributed by atoms with Gasteiger partial charge in [-0.1, -0.05) is 6.07 Å². The van der Waals surface area contributed by atoms with Gasteiger partial charge in [0.1, 0.15) is 23.6 Å². The summed E-state index contributed by atoms with van der Waals surface area (Å²) in [6.45, 7) is 2.88. The first-order chi connectivity index (χ1) is 12.7. The second-order valence-corrected chi connectivity index (χ2v) is 5.46. The van der Waals surface area contributed by atoms with Gasteiger partial charge in [0.15, 0.2) is 6.61 Å². The molecule has 26 heavy (non-hydrogen) atoms. The molecule has 0 unspecified atom stereocenters. The van der Waals surface area contributed by atoms with Crippen LogP contribution >= 0.6 is 0 Å². The maximum Gasteiger partial charge on any atom is 0.258 e. The number of ether oxygens (including phenoxy) is 2. The largest absolute Gasteiger partial charge is 0.494 e. The summed E-state index contributed by atoms with van der Waals surface area (Å²) in [7, 11) is 0. The summed E-state index contributed by atoms with van der Waals surface area (Å²) < 4.78 is 12.6. The minimum absolute atomic E-state index is 0.0471. The van der Waals surface area contributed by atoms with Crippen molar-refractivity contribution in [3.05, 3.63) is 66.9 Å². The Morgan fingerprint density at radius 3 is 2.50 bits per heavy atom. The van der Waals surface area contributed by atoms with Gasteiger partial charge in [-0.25, -0.2) is 9.97 Å². The monoisotopic (exact) mass is 352 g/mol. The number of carbonyl (C=O) groups is 1. The summed E-state index contributed by atoms with van der Waals surface area (Å²) in [4.78, 5) is 20.2. The summed E-state index contributed by atoms with van der Waals surface area (Å²) in [6, 6.07) is 11.0. The number of benzene rings is 1. The molecule has 0 fully saturated rings. The fourth-order valence-corrected chi connectivity index (χ4v) is 2.27. The van der Waals surface area contributed by atoms with Crippen LogP contribution in [0.25, 0.3) is 5.82 Å². The van der Waals surface area contributed by atoms with Crippen LogP contribution < -0.4 is 14.8 Å². The molecule has 0 saturated carbocycles. The number of pyridine rings is 1. The van der Waals surface area contributed by atoms with Gasteiger partial charge in [0.2, 0.25) is 0 Å². The molecule has 1 aromatic carbocycles. The third-order valence-corrected chi connectivity index (χ3v) is 3.57. The molecule has 0 aliphatic heterocycles. The first kappa shape index (κ1) is 17.5. The van der Waals surface area contributed by atoms with Gasteiger partial charge in [0.25, 0.3) is 5.91 Å². The molecule has 3 aromatic rings. The molecular formula is C19H20N4O3. The second-order valence-electron chi connectivity index (χ2n) is 5.46. The zero-order chi connectivity index (χ0) is 18.2. The Morgan fingerprint density at radius 2 is 1.88 bits per heavy atom.